The fraction of sp³-hybridized carbons (Fsp3) is 0.400. The van der Waals surface area contributed by atoms with Gasteiger partial charge < -0.3 is 15.2 Å². The quantitative estimate of drug-likeness (QED) is 0.728. The lowest BCUT2D eigenvalue weighted by atomic mass is 10.00. The zero-order valence-electron chi connectivity index (χ0n) is 14.3. The molecular weight excluding hydrogens is 310 g/mol. The van der Waals surface area contributed by atoms with E-state index >= 15 is 0 Å². The largest absolute Gasteiger partial charge is 0.361 e. The van der Waals surface area contributed by atoms with Crippen LogP contribution < -0.4 is 10.2 Å². The van der Waals surface area contributed by atoms with Crippen molar-refractivity contribution in [1.29, 1.82) is 0 Å². The second-order valence-corrected chi connectivity index (χ2v) is 7.35. The van der Waals surface area contributed by atoms with Crippen LogP contribution in [0.4, 0.5) is 5.82 Å². The minimum Gasteiger partial charge on any atom is -0.361 e. The molecule has 25 heavy (non-hydrogen) atoms. The van der Waals surface area contributed by atoms with Gasteiger partial charge in [0.1, 0.15) is 0 Å². The monoisotopic (exact) mass is 333 g/mol. The number of fused-ring (bicyclic) bond motifs is 1. The Morgan fingerprint density at radius 2 is 1.96 bits per heavy atom. The molecule has 2 aliphatic rings. The predicted molar refractivity (Wildman–Crippen MR) is 99.7 cm³/mol. The molecule has 1 saturated heterocycles. The van der Waals surface area contributed by atoms with Gasteiger partial charge in [0.05, 0.1) is 5.69 Å². The first kappa shape index (κ1) is 14.9. The maximum Gasteiger partial charge on any atom is 0.151 e. The average Bonchev–Trinajstić information content (AvgIpc) is 3.39. The molecule has 128 valence electrons. The standard InChI is InChI=1S/C20H23N5/c1-2-4-19-17(3-1)16(11-22-19)10-21-9-14-12-25(13-14)20-8-7-18(23-24-20)15-5-6-15/h1-4,7-8,11,14-15,21-22H,5-6,9-10,12-13H2. The Balaban J connectivity index is 1.10. The molecule has 1 aliphatic carbocycles. The van der Waals surface area contributed by atoms with Gasteiger partial charge in [-0.1, -0.05) is 18.2 Å². The molecule has 0 atom stereocenters. The van der Waals surface area contributed by atoms with E-state index in [9.17, 15) is 0 Å². The number of hydrogen-bond acceptors (Lipinski definition) is 4. The highest BCUT2D eigenvalue weighted by Crippen LogP contribution is 2.38. The number of rotatable bonds is 6. The number of anilines is 1. The summed E-state index contributed by atoms with van der Waals surface area (Å²) in [4.78, 5) is 5.66. The molecule has 0 radical (unpaired) electrons. The maximum absolute atomic E-state index is 4.40. The van der Waals surface area contributed by atoms with Crippen LogP contribution in [0.3, 0.4) is 0 Å². The first-order valence-electron chi connectivity index (χ1n) is 9.21. The number of benzene rings is 1. The van der Waals surface area contributed by atoms with Crippen LogP contribution in [-0.4, -0.2) is 34.8 Å². The minimum atomic E-state index is 0.680. The van der Waals surface area contributed by atoms with Crippen LogP contribution in [0.15, 0.2) is 42.6 Å². The van der Waals surface area contributed by atoms with Crippen molar-refractivity contribution >= 4 is 16.7 Å². The third-order valence-corrected chi connectivity index (χ3v) is 5.37. The first-order chi connectivity index (χ1) is 12.4. The van der Waals surface area contributed by atoms with E-state index in [1.54, 1.807) is 0 Å². The summed E-state index contributed by atoms with van der Waals surface area (Å²) in [6, 6.07) is 12.8. The molecule has 1 saturated carbocycles. The molecule has 2 aromatic heterocycles. The summed E-state index contributed by atoms with van der Waals surface area (Å²) in [5, 5.41) is 13.7. The van der Waals surface area contributed by atoms with Crippen molar-refractivity contribution in [2.45, 2.75) is 25.3 Å². The van der Waals surface area contributed by atoms with Crippen molar-refractivity contribution in [2.24, 2.45) is 5.92 Å². The summed E-state index contributed by atoms with van der Waals surface area (Å²) in [5.41, 5.74) is 3.72. The number of para-hydroxylation sites is 1. The molecule has 2 fully saturated rings. The van der Waals surface area contributed by atoms with E-state index in [0.29, 0.717) is 11.8 Å². The summed E-state index contributed by atoms with van der Waals surface area (Å²) in [5.74, 6) is 2.40. The lowest BCUT2D eigenvalue weighted by molar-refractivity contribution is 0.381. The van der Waals surface area contributed by atoms with E-state index in [1.165, 1.54) is 35.0 Å². The highest BCUT2D eigenvalue weighted by Gasteiger charge is 2.29. The average molecular weight is 333 g/mol. The van der Waals surface area contributed by atoms with Crippen LogP contribution in [0, 0.1) is 5.92 Å². The normalized spacial score (nSPS) is 17.8. The smallest absolute Gasteiger partial charge is 0.151 e. The first-order valence-corrected chi connectivity index (χ1v) is 9.21. The van der Waals surface area contributed by atoms with Crippen LogP contribution >= 0.6 is 0 Å². The van der Waals surface area contributed by atoms with Gasteiger partial charge in [-0.05, 0) is 36.6 Å². The zero-order chi connectivity index (χ0) is 16.6. The molecule has 0 unspecified atom stereocenters. The van der Waals surface area contributed by atoms with Crippen molar-refractivity contribution < 1.29 is 0 Å². The SMILES string of the molecule is c1ccc2c(CNCC3CN(c4ccc(C5CC5)nn4)C3)c[nH]c2c1. The molecule has 3 aromatic rings. The molecule has 2 N–H and O–H groups in total. The fourth-order valence-electron chi connectivity index (χ4n) is 3.68. The molecule has 3 heterocycles. The summed E-state index contributed by atoms with van der Waals surface area (Å²) in [6.45, 7) is 4.09. The topological polar surface area (TPSA) is 56.8 Å². The van der Waals surface area contributed by atoms with Crippen molar-refractivity contribution in [3.63, 3.8) is 0 Å². The summed E-state index contributed by atoms with van der Waals surface area (Å²) in [7, 11) is 0. The van der Waals surface area contributed by atoms with Crippen LogP contribution in [0.2, 0.25) is 0 Å². The van der Waals surface area contributed by atoms with Gasteiger partial charge in [-0.25, -0.2) is 0 Å². The summed E-state index contributed by atoms with van der Waals surface area (Å²) < 4.78 is 0. The molecule has 5 rings (SSSR count). The van der Waals surface area contributed by atoms with Gasteiger partial charge in [0.15, 0.2) is 5.82 Å². The predicted octanol–water partition coefficient (Wildman–Crippen LogP) is 3.06. The van der Waals surface area contributed by atoms with Crippen molar-refractivity contribution in [2.75, 3.05) is 24.5 Å². The Morgan fingerprint density at radius 1 is 1.08 bits per heavy atom. The number of H-pyrrole nitrogens is 1. The second-order valence-electron chi connectivity index (χ2n) is 7.35. The molecule has 0 amide bonds. The van der Waals surface area contributed by atoms with E-state index in [-0.39, 0.29) is 0 Å². The van der Waals surface area contributed by atoms with E-state index in [2.05, 4.69) is 68.0 Å². The molecule has 1 aromatic carbocycles. The third-order valence-electron chi connectivity index (χ3n) is 5.37. The van der Waals surface area contributed by atoms with E-state index < -0.39 is 0 Å². The van der Waals surface area contributed by atoms with Crippen LogP contribution in [0.1, 0.15) is 30.0 Å². The molecular formula is C20H23N5. The van der Waals surface area contributed by atoms with Gasteiger partial charge >= 0.3 is 0 Å². The minimum absolute atomic E-state index is 0.680. The Bertz CT molecular complexity index is 859. The number of aromatic nitrogens is 3. The van der Waals surface area contributed by atoms with Crippen LogP contribution in [-0.2, 0) is 6.54 Å². The third kappa shape index (κ3) is 3.00. The number of hydrogen-bond donors (Lipinski definition) is 2. The Morgan fingerprint density at radius 3 is 2.76 bits per heavy atom. The Labute approximate surface area is 147 Å². The summed E-state index contributed by atoms with van der Waals surface area (Å²) >= 11 is 0. The lowest BCUT2D eigenvalue weighted by Crippen LogP contribution is -2.51. The lowest BCUT2D eigenvalue weighted by Gasteiger charge is -2.40. The summed E-state index contributed by atoms with van der Waals surface area (Å²) in [6.07, 6.45) is 4.67. The van der Waals surface area contributed by atoms with Gasteiger partial charge in [-0.2, -0.15) is 5.10 Å². The Hall–Kier alpha value is -2.40. The highest BCUT2D eigenvalue weighted by molar-refractivity contribution is 5.82. The van der Waals surface area contributed by atoms with E-state index in [1.807, 2.05) is 0 Å². The molecule has 0 bridgehead atoms. The van der Waals surface area contributed by atoms with Gasteiger partial charge in [-0.15, -0.1) is 5.10 Å². The zero-order valence-corrected chi connectivity index (χ0v) is 14.3. The van der Waals surface area contributed by atoms with Crippen molar-refractivity contribution in [1.82, 2.24) is 20.5 Å². The number of nitrogens with one attached hydrogen (secondary N) is 2. The molecule has 0 spiro atoms. The van der Waals surface area contributed by atoms with Crippen molar-refractivity contribution in [3.8, 4) is 0 Å². The Kier molecular flexibility index (Phi) is 3.67. The maximum atomic E-state index is 4.40. The van der Waals surface area contributed by atoms with Gasteiger partial charge in [0.25, 0.3) is 0 Å². The van der Waals surface area contributed by atoms with E-state index in [4.69, 9.17) is 0 Å². The van der Waals surface area contributed by atoms with Crippen LogP contribution in [0.25, 0.3) is 10.9 Å². The van der Waals surface area contributed by atoms with Gasteiger partial charge in [-0.3, -0.25) is 0 Å². The fourth-order valence-corrected chi connectivity index (χ4v) is 3.68. The molecule has 5 nitrogen and oxygen atoms in total. The van der Waals surface area contributed by atoms with Crippen LogP contribution in [0.5, 0.6) is 0 Å². The highest BCUT2D eigenvalue weighted by atomic mass is 15.3. The number of nitrogens with zero attached hydrogens (tertiary/aromatic N) is 3. The van der Waals surface area contributed by atoms with Gasteiger partial charge in [0, 0.05) is 55.1 Å². The number of aromatic amines is 1. The second kappa shape index (κ2) is 6.15. The van der Waals surface area contributed by atoms with Gasteiger partial charge in [0.2, 0.25) is 0 Å². The van der Waals surface area contributed by atoms with E-state index in [0.717, 1.165) is 32.0 Å². The van der Waals surface area contributed by atoms with Crippen molar-refractivity contribution in [3.05, 3.63) is 53.9 Å². The molecule has 1 aliphatic heterocycles. The molecule has 5 heteroatoms.